The summed E-state index contributed by atoms with van der Waals surface area (Å²) in [7, 11) is -3.42. The van der Waals surface area contributed by atoms with E-state index in [0.29, 0.717) is 12.4 Å². The van der Waals surface area contributed by atoms with Crippen molar-refractivity contribution in [1.82, 2.24) is 9.71 Å². The van der Waals surface area contributed by atoms with Crippen LogP contribution in [0.3, 0.4) is 0 Å². The lowest BCUT2D eigenvalue weighted by atomic mass is 10.3. The van der Waals surface area contributed by atoms with E-state index in [1.807, 2.05) is 6.92 Å². The number of hydrogen-bond acceptors (Lipinski definition) is 4. The van der Waals surface area contributed by atoms with Crippen LogP contribution in [-0.2, 0) is 10.0 Å². The van der Waals surface area contributed by atoms with Crippen LogP contribution in [-0.4, -0.2) is 26.5 Å². The summed E-state index contributed by atoms with van der Waals surface area (Å²) in [6.45, 7) is 5.39. The molecule has 0 aliphatic rings. The Morgan fingerprint density at radius 2 is 1.95 bits per heavy atom. The van der Waals surface area contributed by atoms with Gasteiger partial charge in [0.2, 0.25) is 10.0 Å². The average Bonchev–Trinajstić information content (AvgIpc) is 2.42. The fourth-order valence-electron chi connectivity index (χ4n) is 1.59. The maximum absolute atomic E-state index is 12.1. The molecule has 1 aromatic rings. The number of pyridine rings is 1. The van der Waals surface area contributed by atoms with Crippen molar-refractivity contribution >= 4 is 15.8 Å². The highest BCUT2D eigenvalue weighted by Gasteiger charge is 2.13. The highest BCUT2D eigenvalue weighted by atomic mass is 32.2. The summed E-state index contributed by atoms with van der Waals surface area (Å²) in [4.78, 5) is 4.36. The second kappa shape index (κ2) is 8.12. The maximum Gasteiger partial charge on any atom is 0.240 e. The van der Waals surface area contributed by atoms with E-state index in [1.54, 1.807) is 6.07 Å². The molecule has 19 heavy (non-hydrogen) atoms. The minimum atomic E-state index is -3.42. The first-order valence-corrected chi connectivity index (χ1v) is 8.28. The monoisotopic (exact) mass is 285 g/mol. The third kappa shape index (κ3) is 5.57. The highest BCUT2D eigenvalue weighted by Crippen LogP contribution is 2.12. The predicted octanol–water partition coefficient (Wildman–Crippen LogP) is 2.37. The Bertz CT molecular complexity index is 475. The van der Waals surface area contributed by atoms with E-state index in [9.17, 15) is 8.42 Å². The van der Waals surface area contributed by atoms with Gasteiger partial charge < -0.3 is 5.32 Å². The second-order valence-electron chi connectivity index (χ2n) is 4.41. The SMILES string of the molecule is CCCCCNS(=O)(=O)c1ccnc(NCCC)c1. The standard InChI is InChI=1S/C13H23N3O2S/c1-3-5-6-9-16-19(17,18)12-7-10-15-13(11-12)14-8-4-2/h7,10-11,16H,3-6,8-9H2,1-2H3,(H,14,15). The molecule has 0 radical (unpaired) electrons. The minimum Gasteiger partial charge on any atom is -0.370 e. The van der Waals surface area contributed by atoms with E-state index in [4.69, 9.17) is 0 Å². The molecule has 1 heterocycles. The molecule has 0 amide bonds. The van der Waals surface area contributed by atoms with Gasteiger partial charge >= 0.3 is 0 Å². The molecule has 2 N–H and O–H groups in total. The van der Waals surface area contributed by atoms with Crippen molar-refractivity contribution in [3.05, 3.63) is 18.3 Å². The fraction of sp³-hybridized carbons (Fsp3) is 0.615. The van der Waals surface area contributed by atoms with Crippen molar-refractivity contribution < 1.29 is 8.42 Å². The van der Waals surface area contributed by atoms with E-state index in [-0.39, 0.29) is 4.90 Å². The van der Waals surface area contributed by atoms with Crippen LogP contribution >= 0.6 is 0 Å². The van der Waals surface area contributed by atoms with E-state index >= 15 is 0 Å². The molecular formula is C13H23N3O2S. The third-order valence-corrected chi connectivity index (χ3v) is 4.13. The van der Waals surface area contributed by atoms with Gasteiger partial charge in [-0.3, -0.25) is 0 Å². The van der Waals surface area contributed by atoms with E-state index in [0.717, 1.165) is 32.2 Å². The van der Waals surface area contributed by atoms with Crippen LogP contribution in [0.1, 0.15) is 39.5 Å². The number of anilines is 1. The van der Waals surface area contributed by atoms with E-state index < -0.39 is 10.0 Å². The fourth-order valence-corrected chi connectivity index (χ4v) is 2.68. The van der Waals surface area contributed by atoms with Gasteiger partial charge in [0, 0.05) is 25.4 Å². The molecule has 0 saturated carbocycles. The highest BCUT2D eigenvalue weighted by molar-refractivity contribution is 7.89. The molecule has 1 aromatic heterocycles. The summed E-state index contributed by atoms with van der Waals surface area (Å²) < 4.78 is 26.7. The first kappa shape index (κ1) is 15.9. The molecule has 0 atom stereocenters. The van der Waals surface area contributed by atoms with Crippen molar-refractivity contribution in [1.29, 1.82) is 0 Å². The predicted molar refractivity (Wildman–Crippen MR) is 77.7 cm³/mol. The van der Waals surface area contributed by atoms with Gasteiger partial charge in [0.25, 0.3) is 0 Å². The number of nitrogens with one attached hydrogen (secondary N) is 2. The van der Waals surface area contributed by atoms with Gasteiger partial charge in [-0.2, -0.15) is 0 Å². The molecule has 0 bridgehead atoms. The Hall–Kier alpha value is -1.14. The summed E-state index contributed by atoms with van der Waals surface area (Å²) in [6.07, 6.45) is 5.44. The molecule has 0 fully saturated rings. The zero-order valence-corrected chi connectivity index (χ0v) is 12.5. The van der Waals surface area contributed by atoms with Gasteiger partial charge in [-0.15, -0.1) is 0 Å². The van der Waals surface area contributed by atoms with Crippen molar-refractivity contribution in [2.24, 2.45) is 0 Å². The molecule has 0 aliphatic heterocycles. The van der Waals surface area contributed by atoms with Crippen LogP contribution in [0.25, 0.3) is 0 Å². The molecule has 0 aliphatic carbocycles. The summed E-state index contributed by atoms with van der Waals surface area (Å²) in [5.41, 5.74) is 0. The number of unbranched alkanes of at least 4 members (excludes halogenated alkanes) is 2. The Balaban J connectivity index is 2.66. The number of sulfonamides is 1. The lowest BCUT2D eigenvalue weighted by Gasteiger charge is -2.08. The molecule has 0 aromatic carbocycles. The Morgan fingerprint density at radius 1 is 1.16 bits per heavy atom. The van der Waals surface area contributed by atoms with Crippen molar-refractivity contribution in [3.8, 4) is 0 Å². The first-order chi connectivity index (χ1) is 9.10. The van der Waals surface area contributed by atoms with E-state index in [2.05, 4.69) is 21.9 Å². The summed E-state index contributed by atoms with van der Waals surface area (Å²) >= 11 is 0. The molecule has 0 unspecified atom stereocenters. The average molecular weight is 285 g/mol. The van der Waals surface area contributed by atoms with Gasteiger partial charge in [0.15, 0.2) is 0 Å². The Kier molecular flexibility index (Phi) is 6.80. The maximum atomic E-state index is 12.1. The molecule has 108 valence electrons. The molecule has 0 spiro atoms. The topological polar surface area (TPSA) is 71.1 Å². The molecular weight excluding hydrogens is 262 g/mol. The van der Waals surface area contributed by atoms with Crippen LogP contribution < -0.4 is 10.0 Å². The van der Waals surface area contributed by atoms with Gasteiger partial charge in [-0.25, -0.2) is 18.1 Å². The van der Waals surface area contributed by atoms with Crippen LogP contribution in [0.4, 0.5) is 5.82 Å². The second-order valence-corrected chi connectivity index (χ2v) is 6.18. The zero-order valence-electron chi connectivity index (χ0n) is 11.6. The minimum absolute atomic E-state index is 0.262. The van der Waals surface area contributed by atoms with Gasteiger partial charge in [0.1, 0.15) is 5.82 Å². The lowest BCUT2D eigenvalue weighted by Crippen LogP contribution is -2.25. The zero-order chi connectivity index (χ0) is 14.1. The van der Waals surface area contributed by atoms with E-state index in [1.165, 1.54) is 12.3 Å². The van der Waals surface area contributed by atoms with Crippen LogP contribution in [0, 0.1) is 0 Å². The van der Waals surface area contributed by atoms with Crippen LogP contribution in [0.2, 0.25) is 0 Å². The molecule has 1 rings (SSSR count). The van der Waals surface area contributed by atoms with Crippen molar-refractivity contribution in [2.75, 3.05) is 18.4 Å². The normalized spacial score (nSPS) is 11.5. The Labute approximate surface area is 115 Å². The summed E-state index contributed by atoms with van der Waals surface area (Å²) in [5.74, 6) is 0.596. The number of nitrogens with zero attached hydrogens (tertiary/aromatic N) is 1. The molecule has 6 heteroatoms. The summed E-state index contributed by atoms with van der Waals surface area (Å²) in [6, 6.07) is 3.08. The van der Waals surface area contributed by atoms with Crippen LogP contribution in [0.5, 0.6) is 0 Å². The number of hydrogen-bond donors (Lipinski definition) is 2. The number of aromatic nitrogens is 1. The smallest absolute Gasteiger partial charge is 0.240 e. The Morgan fingerprint density at radius 3 is 2.63 bits per heavy atom. The van der Waals surface area contributed by atoms with Crippen molar-refractivity contribution in [3.63, 3.8) is 0 Å². The molecule has 0 saturated heterocycles. The first-order valence-electron chi connectivity index (χ1n) is 6.79. The quantitative estimate of drug-likeness (QED) is 0.683. The number of rotatable bonds is 9. The third-order valence-electron chi connectivity index (χ3n) is 2.67. The summed E-state index contributed by atoms with van der Waals surface area (Å²) in [5, 5.41) is 3.08. The van der Waals surface area contributed by atoms with Crippen LogP contribution in [0.15, 0.2) is 23.2 Å². The molecule has 5 nitrogen and oxygen atoms in total. The van der Waals surface area contributed by atoms with Gasteiger partial charge in [-0.05, 0) is 18.9 Å². The van der Waals surface area contributed by atoms with Crippen molar-refractivity contribution in [2.45, 2.75) is 44.4 Å². The largest absolute Gasteiger partial charge is 0.370 e. The van der Waals surface area contributed by atoms with Gasteiger partial charge in [0.05, 0.1) is 4.90 Å². The lowest BCUT2D eigenvalue weighted by molar-refractivity contribution is 0.576. The van der Waals surface area contributed by atoms with Gasteiger partial charge in [-0.1, -0.05) is 26.7 Å².